The molecule has 0 aliphatic carbocycles. The summed E-state index contributed by atoms with van der Waals surface area (Å²) in [6.45, 7) is 2.25. The normalized spacial score (nSPS) is 22.4. The number of hydrogen-bond acceptors (Lipinski definition) is 2. The Kier molecular flexibility index (Phi) is 7.09. The van der Waals surface area contributed by atoms with Gasteiger partial charge < -0.3 is 5.32 Å². The van der Waals surface area contributed by atoms with Crippen LogP contribution in [-0.4, -0.2) is 13.1 Å². The molecule has 0 spiro atoms. The molecule has 0 bridgehead atoms. The van der Waals surface area contributed by atoms with Crippen LogP contribution in [0.1, 0.15) is 67.6 Å². The van der Waals surface area contributed by atoms with E-state index in [0.717, 1.165) is 42.3 Å². The molecule has 1 N–H and O–H groups in total. The second-order valence-corrected chi connectivity index (χ2v) is 9.78. The van der Waals surface area contributed by atoms with Gasteiger partial charge in [-0.15, -0.1) is 0 Å². The number of rotatable bonds is 4. The fraction of sp³-hybridized carbons (Fsp3) is 0.520. The van der Waals surface area contributed by atoms with E-state index in [1.807, 2.05) is 6.07 Å². The number of benzene rings is 2. The maximum absolute atomic E-state index is 13.3. The predicted molar refractivity (Wildman–Crippen MR) is 117 cm³/mol. The highest BCUT2D eigenvalue weighted by Gasteiger charge is 2.32. The van der Waals surface area contributed by atoms with Gasteiger partial charge in [-0.1, -0.05) is 55.6 Å². The molecule has 2 aromatic rings. The van der Waals surface area contributed by atoms with Gasteiger partial charge in [0.05, 0.1) is 5.56 Å². The molecule has 1 nitrogen and oxygen atoms in total. The zero-order valence-electron chi connectivity index (χ0n) is 17.3. The molecule has 30 heavy (non-hydrogen) atoms. The summed E-state index contributed by atoms with van der Waals surface area (Å²) in [5, 5.41) is 3.51. The van der Waals surface area contributed by atoms with Crippen molar-refractivity contribution in [1.29, 1.82) is 0 Å². The van der Waals surface area contributed by atoms with E-state index in [2.05, 4.69) is 23.5 Å². The lowest BCUT2D eigenvalue weighted by molar-refractivity contribution is -0.137. The van der Waals surface area contributed by atoms with Gasteiger partial charge >= 0.3 is 6.18 Å². The summed E-state index contributed by atoms with van der Waals surface area (Å²) in [7, 11) is 0. The topological polar surface area (TPSA) is 12.0 Å². The maximum Gasteiger partial charge on any atom is 0.416 e. The number of halogens is 3. The third-order valence-corrected chi connectivity index (χ3v) is 7.75. The molecule has 2 aliphatic heterocycles. The molecule has 2 aliphatic rings. The Balaban J connectivity index is 1.50. The molecule has 1 unspecified atom stereocenters. The van der Waals surface area contributed by atoms with Crippen LogP contribution >= 0.6 is 11.8 Å². The SMILES string of the molecule is FC(F)(F)c1ccc2c(c1)C[C@H](CCCC1CCCCNCC1)c1ccccc1S2. The summed E-state index contributed by atoms with van der Waals surface area (Å²) in [6, 6.07) is 12.6. The van der Waals surface area contributed by atoms with E-state index >= 15 is 0 Å². The zero-order chi connectivity index (χ0) is 21.0. The molecule has 0 aromatic heterocycles. The summed E-state index contributed by atoms with van der Waals surface area (Å²) in [5.74, 6) is 1.06. The minimum atomic E-state index is -4.29. The van der Waals surface area contributed by atoms with Crippen LogP contribution in [-0.2, 0) is 12.6 Å². The molecule has 0 radical (unpaired) electrons. The number of hydrogen-bond donors (Lipinski definition) is 1. The van der Waals surface area contributed by atoms with Gasteiger partial charge in [0.2, 0.25) is 0 Å². The first-order valence-corrected chi connectivity index (χ1v) is 12.0. The highest BCUT2D eigenvalue weighted by atomic mass is 32.2. The summed E-state index contributed by atoms with van der Waals surface area (Å²) < 4.78 is 39.8. The van der Waals surface area contributed by atoms with Crippen LogP contribution in [0.15, 0.2) is 52.3 Å². The third kappa shape index (κ3) is 5.42. The van der Waals surface area contributed by atoms with Crippen molar-refractivity contribution >= 4 is 11.8 Å². The Morgan fingerprint density at radius 1 is 0.933 bits per heavy atom. The van der Waals surface area contributed by atoms with Crippen molar-refractivity contribution in [2.24, 2.45) is 5.92 Å². The second kappa shape index (κ2) is 9.78. The minimum Gasteiger partial charge on any atom is -0.317 e. The smallest absolute Gasteiger partial charge is 0.317 e. The van der Waals surface area contributed by atoms with E-state index in [9.17, 15) is 13.2 Å². The average molecular weight is 434 g/mol. The maximum atomic E-state index is 13.3. The molecule has 1 fully saturated rings. The molecule has 0 amide bonds. The molecular formula is C25H30F3NS. The first-order valence-electron chi connectivity index (χ1n) is 11.2. The van der Waals surface area contributed by atoms with Crippen LogP contribution in [0.2, 0.25) is 0 Å². The molecule has 4 rings (SSSR count). The van der Waals surface area contributed by atoms with Gasteiger partial charge in [0.1, 0.15) is 0 Å². The Hall–Kier alpha value is -1.46. The molecule has 2 aromatic carbocycles. The fourth-order valence-electron chi connectivity index (χ4n) is 4.88. The van der Waals surface area contributed by atoms with Gasteiger partial charge in [-0.25, -0.2) is 0 Å². The minimum absolute atomic E-state index is 0.283. The highest BCUT2D eigenvalue weighted by molar-refractivity contribution is 7.99. The van der Waals surface area contributed by atoms with Crippen molar-refractivity contribution < 1.29 is 13.2 Å². The zero-order valence-corrected chi connectivity index (χ0v) is 18.1. The number of nitrogens with one attached hydrogen (secondary N) is 1. The molecule has 5 heteroatoms. The van der Waals surface area contributed by atoms with Crippen molar-refractivity contribution in [2.45, 2.75) is 73.3 Å². The monoisotopic (exact) mass is 433 g/mol. The van der Waals surface area contributed by atoms with E-state index < -0.39 is 11.7 Å². The molecule has 1 saturated heterocycles. The average Bonchev–Trinajstić information content (AvgIpc) is 2.85. The van der Waals surface area contributed by atoms with E-state index in [0.29, 0.717) is 6.42 Å². The Morgan fingerprint density at radius 2 is 1.80 bits per heavy atom. The van der Waals surface area contributed by atoms with Crippen LogP contribution in [0.5, 0.6) is 0 Å². The second-order valence-electron chi connectivity index (χ2n) is 8.69. The van der Waals surface area contributed by atoms with Crippen molar-refractivity contribution in [1.82, 2.24) is 5.32 Å². The van der Waals surface area contributed by atoms with E-state index in [1.165, 1.54) is 54.7 Å². The van der Waals surface area contributed by atoms with Gasteiger partial charge in [0.15, 0.2) is 0 Å². The van der Waals surface area contributed by atoms with Crippen LogP contribution < -0.4 is 5.32 Å². The first-order chi connectivity index (χ1) is 14.5. The highest BCUT2D eigenvalue weighted by Crippen LogP contribution is 2.44. The van der Waals surface area contributed by atoms with Crippen molar-refractivity contribution in [3.05, 3.63) is 59.2 Å². The van der Waals surface area contributed by atoms with Crippen molar-refractivity contribution in [3.8, 4) is 0 Å². The van der Waals surface area contributed by atoms with Crippen LogP contribution in [0.25, 0.3) is 0 Å². The van der Waals surface area contributed by atoms with Crippen LogP contribution in [0.4, 0.5) is 13.2 Å². The van der Waals surface area contributed by atoms with Crippen molar-refractivity contribution in [2.75, 3.05) is 13.1 Å². The van der Waals surface area contributed by atoms with E-state index in [-0.39, 0.29) is 5.92 Å². The summed E-state index contributed by atoms with van der Waals surface area (Å²) in [5.41, 5.74) is 1.60. The van der Waals surface area contributed by atoms with Crippen LogP contribution in [0.3, 0.4) is 0 Å². The summed E-state index contributed by atoms with van der Waals surface area (Å²) >= 11 is 1.62. The third-order valence-electron chi connectivity index (χ3n) is 6.54. The molecular weight excluding hydrogens is 403 g/mol. The lowest BCUT2D eigenvalue weighted by Gasteiger charge is -2.22. The molecule has 0 saturated carbocycles. The standard InChI is InChI=1S/C25H30F3NS/c26-25(27,28)21-11-12-23-20(17-21)16-19(22-9-1-2-10-24(22)30-23)8-5-7-18-6-3-4-14-29-15-13-18/h1-2,9-12,17-19,29H,3-8,13-16H2/t18?,19-/m0/s1. The van der Waals surface area contributed by atoms with Crippen molar-refractivity contribution in [3.63, 3.8) is 0 Å². The molecule has 2 atom stereocenters. The van der Waals surface area contributed by atoms with Gasteiger partial charge in [0, 0.05) is 9.79 Å². The number of alkyl halides is 3. The Labute approximate surface area is 181 Å². The van der Waals surface area contributed by atoms with Crippen LogP contribution in [0, 0.1) is 5.92 Å². The lowest BCUT2D eigenvalue weighted by atomic mass is 9.85. The number of fused-ring (bicyclic) bond motifs is 2. The van der Waals surface area contributed by atoms with Gasteiger partial charge in [-0.05, 0) is 86.0 Å². The van der Waals surface area contributed by atoms with Gasteiger partial charge in [-0.3, -0.25) is 0 Å². The van der Waals surface area contributed by atoms with Gasteiger partial charge in [0.25, 0.3) is 0 Å². The lowest BCUT2D eigenvalue weighted by Crippen LogP contribution is -2.22. The van der Waals surface area contributed by atoms with Gasteiger partial charge in [-0.2, -0.15) is 13.2 Å². The largest absolute Gasteiger partial charge is 0.416 e. The fourth-order valence-corrected chi connectivity index (χ4v) is 6.02. The quantitative estimate of drug-likeness (QED) is 0.537. The molecule has 162 valence electrons. The van der Waals surface area contributed by atoms with E-state index in [1.54, 1.807) is 17.8 Å². The summed E-state index contributed by atoms with van der Waals surface area (Å²) in [4.78, 5) is 2.15. The predicted octanol–water partition coefficient (Wildman–Crippen LogP) is 7.45. The Bertz CT molecular complexity index is 841. The first kappa shape index (κ1) is 21.8. The molecule has 2 heterocycles. The van der Waals surface area contributed by atoms with E-state index in [4.69, 9.17) is 0 Å². The summed E-state index contributed by atoms with van der Waals surface area (Å²) in [6.07, 6.45) is 4.93. The Morgan fingerprint density at radius 3 is 2.67 bits per heavy atom.